The summed E-state index contributed by atoms with van der Waals surface area (Å²) >= 11 is 0. The second kappa shape index (κ2) is 3.12. The summed E-state index contributed by atoms with van der Waals surface area (Å²) < 4.78 is 35.2. The van der Waals surface area contributed by atoms with Crippen LogP contribution in [0.5, 0.6) is 0 Å². The maximum atomic E-state index is 11.3. The number of hydrogen-bond donors (Lipinski definition) is 1. The van der Waals surface area contributed by atoms with Gasteiger partial charge in [-0.05, 0) is 0 Å². The van der Waals surface area contributed by atoms with Gasteiger partial charge in [0.1, 0.15) is 6.67 Å². The van der Waals surface area contributed by atoms with Crippen LogP contribution in [0.2, 0.25) is 0 Å². The summed E-state index contributed by atoms with van der Waals surface area (Å²) in [6.07, 6.45) is 0. The molecule has 3 nitrogen and oxygen atoms in total. The molecule has 0 amide bonds. The third kappa shape index (κ3) is 6.01. The molecule has 0 spiro atoms. The fraction of sp³-hybridized carbons (Fsp3) is 1.00. The van der Waals surface area contributed by atoms with Gasteiger partial charge >= 0.3 is 7.91 Å². The Kier molecular flexibility index (Phi) is 3.12. The van der Waals surface area contributed by atoms with E-state index in [0.29, 0.717) is 0 Å². The molecule has 0 radical (unpaired) electrons. The van der Waals surface area contributed by atoms with Gasteiger partial charge in [-0.2, -0.15) is 0 Å². The molecule has 0 aromatic heterocycles. The first-order valence-electron chi connectivity index (χ1n) is 1.79. The smallest absolute Gasteiger partial charge is 0.299 e. The van der Waals surface area contributed by atoms with E-state index >= 15 is 0 Å². The molecule has 0 aliphatic heterocycles. The van der Waals surface area contributed by atoms with Crippen molar-refractivity contribution in [2.24, 2.45) is 0 Å². The van der Waals surface area contributed by atoms with E-state index in [9.17, 15) is 13.2 Å². The molecule has 0 fully saturated rings. The summed E-state index contributed by atoms with van der Waals surface area (Å²) in [6, 6.07) is 0. The van der Waals surface area contributed by atoms with Crippen LogP contribution in [-0.2, 0) is 9.09 Å². The minimum Gasteiger partial charge on any atom is -0.299 e. The summed E-state index contributed by atoms with van der Waals surface area (Å²) in [6.45, 7) is -1.64. The van der Waals surface area contributed by atoms with Crippen LogP contribution in [0.3, 0.4) is 0 Å². The van der Waals surface area contributed by atoms with Crippen molar-refractivity contribution in [3.8, 4) is 0 Å². The maximum absolute atomic E-state index is 11.3. The van der Waals surface area contributed by atoms with Crippen molar-refractivity contribution >= 4 is 7.91 Å². The van der Waals surface area contributed by atoms with Crippen LogP contribution in [0.25, 0.3) is 0 Å². The molecule has 1 atom stereocenters. The predicted octanol–water partition coefficient (Wildman–Crippen LogP) is 1.04. The van der Waals surface area contributed by atoms with E-state index in [1.54, 1.807) is 0 Å². The molecule has 0 aromatic rings. The highest BCUT2D eigenvalue weighted by Gasteiger charge is 2.15. The van der Waals surface area contributed by atoms with Crippen LogP contribution >= 0.6 is 7.91 Å². The lowest BCUT2D eigenvalue weighted by atomic mass is 10.9. The van der Waals surface area contributed by atoms with Gasteiger partial charge < -0.3 is 0 Å². The molecule has 1 unspecified atom stereocenters. The van der Waals surface area contributed by atoms with Gasteiger partial charge in [0.15, 0.2) is 0 Å². The molecule has 0 aromatic carbocycles. The molecule has 0 aliphatic rings. The third-order valence-electron chi connectivity index (χ3n) is 0.328. The van der Waals surface area contributed by atoms with E-state index in [2.05, 4.69) is 4.52 Å². The van der Waals surface area contributed by atoms with Crippen LogP contribution in [-0.4, -0.2) is 18.2 Å². The Balaban J connectivity index is 3.26. The molecule has 0 saturated carbocycles. The molecule has 6 heteroatoms. The zero-order chi connectivity index (χ0) is 6.62. The van der Waals surface area contributed by atoms with Gasteiger partial charge in [-0.25, -0.2) is 8.96 Å². The second-order valence-electron chi connectivity index (χ2n) is 0.974. The van der Waals surface area contributed by atoms with Crippen molar-refractivity contribution in [2.75, 3.05) is 13.3 Å². The predicted molar refractivity (Wildman–Crippen MR) is 22.9 cm³/mol. The summed E-state index contributed by atoms with van der Waals surface area (Å²) in [5.74, 6) is 0. The Labute approximate surface area is 44.9 Å². The molecule has 0 rings (SSSR count). The molecule has 50 valence electrons. The molecular formula is C2H5F2O3P. The molecule has 0 aliphatic carbocycles. The Morgan fingerprint density at radius 1 is 1.75 bits per heavy atom. The Hall–Kier alpha value is 0.01000. The lowest BCUT2D eigenvalue weighted by Gasteiger charge is -1.96. The summed E-state index contributed by atoms with van der Waals surface area (Å²) in [5.41, 5.74) is 0. The zero-order valence-electron chi connectivity index (χ0n) is 3.88. The van der Waals surface area contributed by atoms with E-state index in [1.165, 1.54) is 0 Å². The molecule has 8 heavy (non-hydrogen) atoms. The van der Waals surface area contributed by atoms with Gasteiger partial charge in [-0.15, -0.1) is 4.20 Å². The van der Waals surface area contributed by atoms with Crippen molar-refractivity contribution in [3.63, 3.8) is 0 Å². The van der Waals surface area contributed by atoms with Crippen LogP contribution in [0.15, 0.2) is 0 Å². The standard InChI is InChI=1S/C2H5F2O3P/c3-1-2-7-8(4,5)6/h1-2H2,(H,5,6). The minimum absolute atomic E-state index is 0.676. The van der Waals surface area contributed by atoms with Gasteiger partial charge in [0.25, 0.3) is 0 Å². The number of rotatable bonds is 3. The third-order valence-corrected chi connectivity index (χ3v) is 0.829. The van der Waals surface area contributed by atoms with Gasteiger partial charge in [-0.3, -0.25) is 9.42 Å². The van der Waals surface area contributed by atoms with E-state index in [4.69, 9.17) is 4.89 Å². The van der Waals surface area contributed by atoms with Crippen LogP contribution in [0, 0.1) is 0 Å². The fourth-order valence-corrected chi connectivity index (χ4v) is 0.441. The van der Waals surface area contributed by atoms with E-state index in [0.717, 1.165) is 0 Å². The lowest BCUT2D eigenvalue weighted by molar-refractivity contribution is 0.207. The highest BCUT2D eigenvalue weighted by molar-refractivity contribution is 7.46. The van der Waals surface area contributed by atoms with E-state index < -0.39 is 21.2 Å². The first-order valence-corrected chi connectivity index (χ1v) is 3.26. The first-order chi connectivity index (χ1) is 3.56. The highest BCUT2D eigenvalue weighted by atomic mass is 31.2. The highest BCUT2D eigenvalue weighted by Crippen LogP contribution is 2.42. The molecule has 0 saturated heterocycles. The average molecular weight is 146 g/mol. The number of halogens is 2. The van der Waals surface area contributed by atoms with Crippen molar-refractivity contribution < 1.29 is 22.6 Å². The van der Waals surface area contributed by atoms with Gasteiger partial charge in [-0.1, -0.05) is 0 Å². The number of alkyl halides is 1. The Morgan fingerprint density at radius 2 is 2.25 bits per heavy atom. The van der Waals surface area contributed by atoms with Crippen molar-refractivity contribution in [1.29, 1.82) is 0 Å². The molecule has 0 bridgehead atoms. The van der Waals surface area contributed by atoms with Gasteiger partial charge in [0.2, 0.25) is 0 Å². The van der Waals surface area contributed by atoms with Crippen molar-refractivity contribution in [2.45, 2.75) is 0 Å². The van der Waals surface area contributed by atoms with Crippen molar-refractivity contribution in [1.82, 2.24) is 0 Å². The SMILES string of the molecule is O=P(O)(F)OCCF. The average Bonchev–Trinajstić information content (AvgIpc) is 1.59. The zero-order valence-corrected chi connectivity index (χ0v) is 4.78. The van der Waals surface area contributed by atoms with Crippen LogP contribution in [0.1, 0.15) is 0 Å². The fourth-order valence-electron chi connectivity index (χ4n) is 0.147. The van der Waals surface area contributed by atoms with Crippen molar-refractivity contribution in [3.05, 3.63) is 0 Å². The summed E-state index contributed by atoms with van der Waals surface area (Å²) in [5, 5.41) is 0. The maximum Gasteiger partial charge on any atom is 0.510 e. The first kappa shape index (κ1) is 8.01. The minimum atomic E-state index is -4.92. The second-order valence-corrected chi connectivity index (χ2v) is 2.13. The normalized spacial score (nSPS) is 17.9. The van der Waals surface area contributed by atoms with E-state index in [1.807, 2.05) is 0 Å². The quantitative estimate of drug-likeness (QED) is 0.605. The van der Waals surface area contributed by atoms with Gasteiger partial charge in [0.05, 0.1) is 6.61 Å². The molecule has 0 heterocycles. The largest absolute Gasteiger partial charge is 0.510 e. The summed E-state index contributed by atoms with van der Waals surface area (Å²) in [7, 11) is -4.92. The summed E-state index contributed by atoms with van der Waals surface area (Å²) in [4.78, 5) is 7.65. The Bertz CT molecular complexity index is 99.5. The lowest BCUT2D eigenvalue weighted by Crippen LogP contribution is -1.89. The van der Waals surface area contributed by atoms with Crippen LogP contribution < -0.4 is 0 Å². The van der Waals surface area contributed by atoms with E-state index in [-0.39, 0.29) is 0 Å². The monoisotopic (exact) mass is 146 g/mol. The molecule has 1 N–H and O–H groups in total. The molecular weight excluding hydrogens is 141 g/mol. The van der Waals surface area contributed by atoms with Gasteiger partial charge in [0, 0.05) is 0 Å². The number of hydrogen-bond acceptors (Lipinski definition) is 2. The van der Waals surface area contributed by atoms with Crippen LogP contribution in [0.4, 0.5) is 8.59 Å². The topological polar surface area (TPSA) is 46.5 Å². The Morgan fingerprint density at radius 3 is 2.38 bits per heavy atom.